The number of nitrogens with zero attached hydrogens (tertiary/aromatic N) is 4. The van der Waals surface area contributed by atoms with Crippen LogP contribution in [0.3, 0.4) is 0 Å². The molecule has 0 saturated heterocycles. The van der Waals surface area contributed by atoms with Gasteiger partial charge in [-0.05, 0) is 33.5 Å². The van der Waals surface area contributed by atoms with Gasteiger partial charge in [0.2, 0.25) is 5.95 Å². The van der Waals surface area contributed by atoms with E-state index in [0.717, 1.165) is 11.1 Å². The number of anilines is 2. The molecule has 0 spiro atoms. The molecule has 8 aromatic rings. The molecule has 226 valence electrons. The summed E-state index contributed by atoms with van der Waals surface area (Å²) in [5, 5.41) is 5.11. The molecular weight excluding hydrogens is 605 g/mol. The summed E-state index contributed by atoms with van der Waals surface area (Å²) in [6.07, 6.45) is 7.09. The average Bonchev–Trinajstić information content (AvgIpc) is 3.72. The second-order valence-electron chi connectivity index (χ2n) is 12.4. The highest BCUT2D eigenvalue weighted by Crippen LogP contribution is 2.57. The van der Waals surface area contributed by atoms with Crippen LogP contribution in [0.4, 0.5) is 11.6 Å². The Morgan fingerprint density at radius 2 is 1.10 bits per heavy atom. The number of fused-ring (bicyclic) bond motifs is 10. The number of aromatic nitrogens is 3. The molecule has 0 bridgehead atoms. The normalized spacial score (nSPS) is 16.8. The van der Waals surface area contributed by atoms with E-state index in [0.29, 0.717) is 17.6 Å². The molecular formula is C43H28N4S. The quantitative estimate of drug-likeness (QED) is 0.194. The Balaban J connectivity index is 1.31. The van der Waals surface area contributed by atoms with Gasteiger partial charge in [0.15, 0.2) is 11.6 Å². The maximum Gasteiger partial charge on any atom is 0.234 e. The molecule has 1 aliphatic carbocycles. The third-order valence-electron chi connectivity index (χ3n) is 9.63. The average molecular weight is 633 g/mol. The van der Waals surface area contributed by atoms with Crippen molar-refractivity contribution in [2.45, 2.75) is 12.0 Å². The molecule has 6 aromatic carbocycles. The lowest BCUT2D eigenvalue weighted by atomic mass is 9.84. The lowest BCUT2D eigenvalue weighted by Gasteiger charge is -2.28. The van der Waals surface area contributed by atoms with Gasteiger partial charge in [0.1, 0.15) is 0 Å². The lowest BCUT2D eigenvalue weighted by Crippen LogP contribution is -2.31. The van der Waals surface area contributed by atoms with Gasteiger partial charge >= 0.3 is 0 Å². The molecule has 1 aliphatic heterocycles. The lowest BCUT2D eigenvalue weighted by molar-refractivity contribution is 0.733. The first-order valence-electron chi connectivity index (χ1n) is 16.3. The van der Waals surface area contributed by atoms with E-state index in [-0.39, 0.29) is 12.0 Å². The van der Waals surface area contributed by atoms with Gasteiger partial charge in [-0.15, -0.1) is 11.3 Å². The van der Waals surface area contributed by atoms with E-state index in [4.69, 9.17) is 15.0 Å². The minimum atomic E-state index is -0.0187. The topological polar surface area (TPSA) is 41.9 Å². The van der Waals surface area contributed by atoms with Gasteiger partial charge in [0.05, 0.1) is 11.7 Å². The van der Waals surface area contributed by atoms with Crippen LogP contribution in [-0.2, 0) is 0 Å². The zero-order valence-corrected chi connectivity index (χ0v) is 26.7. The maximum absolute atomic E-state index is 5.28. The van der Waals surface area contributed by atoms with Crippen LogP contribution >= 0.6 is 11.3 Å². The largest absolute Gasteiger partial charge is 0.302 e. The van der Waals surface area contributed by atoms with Crippen LogP contribution in [-0.4, -0.2) is 21.0 Å². The number of hydrogen-bond acceptors (Lipinski definition) is 5. The molecule has 2 atom stereocenters. The zero-order chi connectivity index (χ0) is 31.6. The van der Waals surface area contributed by atoms with Crippen molar-refractivity contribution in [2.24, 2.45) is 0 Å². The van der Waals surface area contributed by atoms with Crippen LogP contribution in [0.15, 0.2) is 158 Å². The molecule has 0 radical (unpaired) electrons. The van der Waals surface area contributed by atoms with Crippen molar-refractivity contribution in [3.63, 3.8) is 0 Å². The van der Waals surface area contributed by atoms with Gasteiger partial charge in [-0.1, -0.05) is 152 Å². The molecule has 0 N–H and O–H groups in total. The third-order valence-corrected chi connectivity index (χ3v) is 10.8. The van der Waals surface area contributed by atoms with Gasteiger partial charge in [-0.3, -0.25) is 0 Å². The number of thiophene rings is 1. The van der Waals surface area contributed by atoms with Crippen molar-refractivity contribution in [2.75, 3.05) is 4.90 Å². The summed E-state index contributed by atoms with van der Waals surface area (Å²) in [6.45, 7) is 0. The fourth-order valence-corrected chi connectivity index (χ4v) is 8.76. The first-order valence-corrected chi connectivity index (χ1v) is 17.1. The number of benzene rings is 6. The van der Waals surface area contributed by atoms with Gasteiger partial charge < -0.3 is 4.90 Å². The van der Waals surface area contributed by atoms with Crippen molar-refractivity contribution < 1.29 is 0 Å². The highest BCUT2D eigenvalue weighted by Gasteiger charge is 2.43. The van der Waals surface area contributed by atoms with Gasteiger partial charge in [0, 0.05) is 37.2 Å². The molecule has 0 saturated carbocycles. The Morgan fingerprint density at radius 1 is 0.542 bits per heavy atom. The summed E-state index contributed by atoms with van der Waals surface area (Å²) in [5.74, 6) is 2.07. The number of rotatable bonds is 4. The number of allylic oxidation sites excluding steroid dienone is 2. The molecule has 0 amide bonds. The molecule has 10 rings (SSSR count). The number of hydrogen-bond donors (Lipinski definition) is 0. The Hall–Kier alpha value is -5.91. The van der Waals surface area contributed by atoms with E-state index < -0.39 is 0 Å². The zero-order valence-electron chi connectivity index (χ0n) is 25.9. The van der Waals surface area contributed by atoms with Crippen LogP contribution in [0, 0.1) is 0 Å². The Kier molecular flexibility index (Phi) is 6.14. The SMILES string of the molecule is C1=CC2C(C=C1c1ccccc1)c1c(c3c4ccccc4sc3c3ccccc13)N2c1nc(-c2ccccc2)nc(-c2ccccc2)n1. The predicted molar refractivity (Wildman–Crippen MR) is 200 cm³/mol. The van der Waals surface area contributed by atoms with Crippen LogP contribution in [0.5, 0.6) is 0 Å². The van der Waals surface area contributed by atoms with Crippen LogP contribution < -0.4 is 4.90 Å². The van der Waals surface area contributed by atoms with Crippen LogP contribution in [0.2, 0.25) is 0 Å². The van der Waals surface area contributed by atoms with Gasteiger partial charge in [-0.25, -0.2) is 4.98 Å². The van der Waals surface area contributed by atoms with Gasteiger partial charge in [-0.2, -0.15) is 9.97 Å². The molecule has 0 fully saturated rings. The molecule has 48 heavy (non-hydrogen) atoms. The molecule has 2 unspecified atom stereocenters. The third kappa shape index (κ3) is 4.18. The predicted octanol–water partition coefficient (Wildman–Crippen LogP) is 11.0. The van der Waals surface area contributed by atoms with Crippen molar-refractivity contribution in [3.8, 4) is 22.8 Å². The second kappa shape index (κ2) is 10.8. The smallest absolute Gasteiger partial charge is 0.234 e. The summed E-state index contributed by atoms with van der Waals surface area (Å²) >= 11 is 1.87. The molecule has 2 aromatic heterocycles. The minimum absolute atomic E-state index is 0.0187. The van der Waals surface area contributed by atoms with Crippen molar-refractivity contribution in [3.05, 3.63) is 169 Å². The fraction of sp³-hybridized carbons (Fsp3) is 0.0465. The van der Waals surface area contributed by atoms with E-state index >= 15 is 0 Å². The standard InChI is InChI=1S/C43H28N4S/c1-4-14-27(15-5-1)30-24-25-35-34(26-30)37-31-20-10-11-21-32(31)40-38(33-22-12-13-23-36(33)48-40)39(37)47(35)43-45-41(28-16-6-2-7-17-28)44-42(46-43)29-18-8-3-9-19-29/h1-26,34-35H. The first-order chi connectivity index (χ1) is 23.8. The molecule has 5 heteroatoms. The highest BCUT2D eigenvalue weighted by atomic mass is 32.1. The van der Waals surface area contributed by atoms with Crippen molar-refractivity contribution in [1.29, 1.82) is 0 Å². The van der Waals surface area contributed by atoms with Crippen LogP contribution in [0.1, 0.15) is 17.0 Å². The summed E-state index contributed by atoms with van der Waals surface area (Å²) in [4.78, 5) is 18.0. The minimum Gasteiger partial charge on any atom is -0.302 e. The molecule has 2 aliphatic rings. The van der Waals surface area contributed by atoms with E-state index in [1.807, 2.05) is 47.7 Å². The first kappa shape index (κ1) is 27.2. The van der Waals surface area contributed by atoms with Crippen molar-refractivity contribution >= 4 is 59.5 Å². The van der Waals surface area contributed by atoms with E-state index in [2.05, 4.69) is 126 Å². The summed E-state index contributed by atoms with van der Waals surface area (Å²) in [5.41, 5.74) is 6.89. The Morgan fingerprint density at radius 3 is 1.77 bits per heavy atom. The summed E-state index contributed by atoms with van der Waals surface area (Å²) in [7, 11) is 0. The Bertz CT molecular complexity index is 2510. The van der Waals surface area contributed by atoms with Crippen LogP contribution in [0.25, 0.3) is 59.3 Å². The van der Waals surface area contributed by atoms with Gasteiger partial charge in [0.25, 0.3) is 0 Å². The molecule has 4 nitrogen and oxygen atoms in total. The van der Waals surface area contributed by atoms with E-state index in [1.54, 1.807) is 0 Å². The van der Waals surface area contributed by atoms with E-state index in [1.165, 1.54) is 53.3 Å². The highest BCUT2D eigenvalue weighted by molar-refractivity contribution is 7.26. The molecule has 3 heterocycles. The van der Waals surface area contributed by atoms with E-state index in [9.17, 15) is 0 Å². The monoisotopic (exact) mass is 632 g/mol. The summed E-state index contributed by atoms with van der Waals surface area (Å²) in [6, 6.07) is 48.9. The summed E-state index contributed by atoms with van der Waals surface area (Å²) < 4.78 is 2.58. The fourth-order valence-electron chi connectivity index (χ4n) is 7.52. The van der Waals surface area contributed by atoms with Crippen molar-refractivity contribution in [1.82, 2.24) is 15.0 Å². The second-order valence-corrected chi connectivity index (χ2v) is 13.4. The Labute approximate surface area is 282 Å². The maximum atomic E-state index is 5.28.